The Kier molecular flexibility index (Phi) is 4.35. The van der Waals surface area contributed by atoms with Crippen molar-refractivity contribution >= 4 is 27.3 Å². The number of hydrogen-bond acceptors (Lipinski definition) is 5. The van der Waals surface area contributed by atoms with Gasteiger partial charge in [0.2, 0.25) is 5.82 Å². The molecule has 1 aliphatic rings. The summed E-state index contributed by atoms with van der Waals surface area (Å²) in [5.74, 6) is 2.16. The Morgan fingerprint density at radius 3 is 2.71 bits per heavy atom. The van der Waals surface area contributed by atoms with E-state index in [0.29, 0.717) is 11.9 Å². The second-order valence-electron chi connectivity index (χ2n) is 7.13. The number of aryl methyl sites for hydroxylation is 1. The lowest BCUT2D eigenvalue weighted by Gasteiger charge is -2.15. The highest BCUT2D eigenvalue weighted by atomic mass is 79.9. The van der Waals surface area contributed by atoms with Crippen molar-refractivity contribution in [1.82, 2.24) is 29.1 Å². The monoisotopic (exact) mass is 437 g/mol. The van der Waals surface area contributed by atoms with Gasteiger partial charge in [-0.3, -0.25) is 4.98 Å². The average molecular weight is 438 g/mol. The zero-order valence-corrected chi connectivity index (χ0v) is 17.1. The Morgan fingerprint density at radius 1 is 1.14 bits per heavy atom. The Bertz CT molecular complexity index is 1130. The van der Waals surface area contributed by atoms with Crippen LogP contribution in [-0.2, 0) is 7.05 Å². The highest BCUT2D eigenvalue weighted by Gasteiger charge is 2.23. The molecule has 8 heteroatoms. The van der Waals surface area contributed by atoms with E-state index in [9.17, 15) is 0 Å². The quantitative estimate of drug-likeness (QED) is 0.514. The fourth-order valence-corrected chi connectivity index (χ4v) is 4.43. The van der Waals surface area contributed by atoms with Crippen molar-refractivity contribution in [2.24, 2.45) is 7.05 Å². The minimum absolute atomic E-state index is 0.429. The van der Waals surface area contributed by atoms with Crippen LogP contribution in [0.3, 0.4) is 0 Å². The molecule has 0 amide bonds. The number of hydrogen-bond donors (Lipinski definition) is 1. The summed E-state index contributed by atoms with van der Waals surface area (Å²) in [6.07, 6.45) is 12.3. The molecule has 1 fully saturated rings. The van der Waals surface area contributed by atoms with Crippen LogP contribution in [0.1, 0.15) is 25.7 Å². The number of rotatable bonds is 4. The first-order valence-electron chi connectivity index (χ1n) is 9.45. The van der Waals surface area contributed by atoms with Crippen molar-refractivity contribution in [2.45, 2.75) is 31.7 Å². The molecule has 4 heterocycles. The first-order valence-corrected chi connectivity index (χ1v) is 10.2. The molecular weight excluding hydrogens is 418 g/mol. The molecule has 5 rings (SSSR count). The van der Waals surface area contributed by atoms with Gasteiger partial charge in [-0.2, -0.15) is 0 Å². The second-order valence-corrected chi connectivity index (χ2v) is 7.99. The lowest BCUT2D eigenvalue weighted by molar-refractivity contribution is 0.747. The third-order valence-corrected chi connectivity index (χ3v) is 5.82. The van der Waals surface area contributed by atoms with E-state index in [4.69, 9.17) is 10.1 Å². The molecule has 0 aromatic carbocycles. The first kappa shape index (κ1) is 17.4. The maximum absolute atomic E-state index is 4.89. The molecule has 142 valence electrons. The van der Waals surface area contributed by atoms with Crippen molar-refractivity contribution in [1.29, 1.82) is 0 Å². The van der Waals surface area contributed by atoms with Gasteiger partial charge in [0.25, 0.3) is 0 Å². The molecule has 1 saturated carbocycles. The molecule has 0 aliphatic heterocycles. The standard InChI is InChI=1S/C20H20BrN7/c1-27-11-10-23-20(27)19-25-18(24-13-6-2-3-7-13)17-16(14(21)12-28(17)26-19)15-8-4-5-9-22-15/h4-5,8-13H,2-3,6-7H2,1H3,(H,24,25,26). The van der Waals surface area contributed by atoms with Crippen molar-refractivity contribution < 1.29 is 0 Å². The van der Waals surface area contributed by atoms with Gasteiger partial charge in [-0.25, -0.2) is 14.5 Å². The topological polar surface area (TPSA) is 72.9 Å². The van der Waals surface area contributed by atoms with E-state index in [1.54, 1.807) is 12.4 Å². The van der Waals surface area contributed by atoms with Gasteiger partial charge in [-0.1, -0.05) is 18.9 Å². The smallest absolute Gasteiger partial charge is 0.218 e. The zero-order valence-electron chi connectivity index (χ0n) is 15.5. The largest absolute Gasteiger partial charge is 0.365 e. The van der Waals surface area contributed by atoms with Gasteiger partial charge in [0.1, 0.15) is 5.52 Å². The van der Waals surface area contributed by atoms with Crippen LogP contribution in [0.2, 0.25) is 0 Å². The summed E-state index contributed by atoms with van der Waals surface area (Å²) in [5, 5.41) is 8.42. The van der Waals surface area contributed by atoms with Crippen LogP contribution in [0, 0.1) is 0 Å². The van der Waals surface area contributed by atoms with Gasteiger partial charge < -0.3 is 9.88 Å². The number of aromatic nitrogens is 6. The average Bonchev–Trinajstić information content (AvgIpc) is 3.42. The van der Waals surface area contributed by atoms with Crippen LogP contribution in [0.5, 0.6) is 0 Å². The van der Waals surface area contributed by atoms with Gasteiger partial charge >= 0.3 is 0 Å². The molecule has 4 aromatic rings. The number of fused-ring (bicyclic) bond motifs is 1. The summed E-state index contributed by atoms with van der Waals surface area (Å²) in [6, 6.07) is 6.35. The van der Waals surface area contributed by atoms with E-state index < -0.39 is 0 Å². The minimum atomic E-state index is 0.429. The maximum atomic E-state index is 4.89. The predicted octanol–water partition coefficient (Wildman–Crippen LogP) is 4.31. The van der Waals surface area contributed by atoms with Crippen LogP contribution in [0.15, 0.2) is 47.5 Å². The summed E-state index contributed by atoms with van der Waals surface area (Å²) < 4.78 is 4.74. The van der Waals surface area contributed by atoms with Crippen LogP contribution < -0.4 is 5.32 Å². The Labute approximate surface area is 171 Å². The molecule has 0 spiro atoms. The van der Waals surface area contributed by atoms with Crippen molar-refractivity contribution in [2.75, 3.05) is 5.32 Å². The summed E-state index contributed by atoms with van der Waals surface area (Å²) in [7, 11) is 1.95. The molecule has 1 aliphatic carbocycles. The van der Waals surface area contributed by atoms with Gasteiger partial charge in [0, 0.05) is 47.9 Å². The normalized spacial score (nSPS) is 14.8. The molecule has 4 aromatic heterocycles. The first-order chi connectivity index (χ1) is 13.7. The molecule has 0 atom stereocenters. The van der Waals surface area contributed by atoms with Crippen LogP contribution in [-0.4, -0.2) is 35.2 Å². The Morgan fingerprint density at radius 2 is 2.00 bits per heavy atom. The van der Waals surface area contributed by atoms with Gasteiger partial charge in [0.15, 0.2) is 11.6 Å². The van der Waals surface area contributed by atoms with E-state index in [1.165, 1.54) is 12.8 Å². The fourth-order valence-electron chi connectivity index (χ4n) is 3.85. The molecule has 0 unspecified atom stereocenters. The molecule has 28 heavy (non-hydrogen) atoms. The molecule has 1 N–H and O–H groups in total. The van der Waals surface area contributed by atoms with E-state index in [2.05, 4.69) is 31.2 Å². The zero-order chi connectivity index (χ0) is 19.1. The molecule has 0 saturated heterocycles. The third kappa shape index (κ3) is 2.97. The third-order valence-electron chi connectivity index (χ3n) is 5.22. The number of nitrogens with zero attached hydrogens (tertiary/aromatic N) is 6. The van der Waals surface area contributed by atoms with Gasteiger partial charge in [-0.05, 0) is 40.9 Å². The second kappa shape index (κ2) is 7.01. The number of pyridine rings is 1. The Balaban J connectivity index is 1.74. The number of halogens is 1. The Hall–Kier alpha value is -2.74. The van der Waals surface area contributed by atoms with Crippen LogP contribution in [0.25, 0.3) is 28.4 Å². The molecular formula is C20H20BrN7. The van der Waals surface area contributed by atoms with Crippen molar-refractivity contribution in [3.05, 3.63) is 47.5 Å². The highest BCUT2D eigenvalue weighted by molar-refractivity contribution is 9.10. The van der Waals surface area contributed by atoms with Gasteiger partial charge in [-0.15, -0.1) is 5.10 Å². The van der Waals surface area contributed by atoms with Crippen LogP contribution in [0.4, 0.5) is 5.82 Å². The van der Waals surface area contributed by atoms with E-state index in [1.807, 2.05) is 46.7 Å². The van der Waals surface area contributed by atoms with Crippen molar-refractivity contribution in [3.63, 3.8) is 0 Å². The SMILES string of the molecule is Cn1ccnc1-c1nc(NC2CCCC2)c2c(-c3ccccn3)c(Br)cn2n1. The van der Waals surface area contributed by atoms with E-state index in [-0.39, 0.29) is 0 Å². The number of nitrogens with one attached hydrogen (secondary N) is 1. The highest BCUT2D eigenvalue weighted by Crippen LogP contribution is 2.37. The number of anilines is 1. The fraction of sp³-hybridized carbons (Fsp3) is 0.300. The van der Waals surface area contributed by atoms with Gasteiger partial charge in [0.05, 0.1) is 5.69 Å². The summed E-state index contributed by atoms with van der Waals surface area (Å²) >= 11 is 3.70. The minimum Gasteiger partial charge on any atom is -0.365 e. The summed E-state index contributed by atoms with van der Waals surface area (Å²) in [6.45, 7) is 0. The van der Waals surface area contributed by atoms with Crippen molar-refractivity contribution in [3.8, 4) is 22.9 Å². The summed E-state index contributed by atoms with van der Waals surface area (Å²) in [4.78, 5) is 13.9. The lowest BCUT2D eigenvalue weighted by atomic mass is 10.1. The molecule has 7 nitrogen and oxygen atoms in total. The lowest BCUT2D eigenvalue weighted by Crippen LogP contribution is -2.17. The van der Waals surface area contributed by atoms with E-state index in [0.717, 1.165) is 45.7 Å². The van der Waals surface area contributed by atoms with Crippen LogP contribution >= 0.6 is 15.9 Å². The number of imidazole rings is 1. The maximum Gasteiger partial charge on any atom is 0.218 e. The van der Waals surface area contributed by atoms with E-state index >= 15 is 0 Å². The summed E-state index contributed by atoms with van der Waals surface area (Å²) in [5.41, 5.74) is 2.81. The molecule has 0 bridgehead atoms. The predicted molar refractivity (Wildman–Crippen MR) is 112 cm³/mol. The molecule has 0 radical (unpaired) electrons.